The van der Waals surface area contributed by atoms with Gasteiger partial charge in [-0.15, -0.1) is 0 Å². The third kappa shape index (κ3) is 4.33. The molecule has 0 aliphatic carbocycles. The second-order valence-electron chi connectivity index (χ2n) is 6.80. The molecule has 0 saturated carbocycles. The van der Waals surface area contributed by atoms with Gasteiger partial charge in [0, 0.05) is 57.0 Å². The fourth-order valence-corrected chi connectivity index (χ4v) is 3.79. The molecule has 2 heterocycles. The van der Waals surface area contributed by atoms with Gasteiger partial charge < -0.3 is 20.0 Å². The first kappa shape index (κ1) is 17.4. The number of nitrogens with zero attached hydrogens (tertiary/aromatic N) is 4. The Bertz CT molecular complexity index is 568. The van der Waals surface area contributed by atoms with Crippen molar-refractivity contribution in [3.63, 3.8) is 0 Å². The molecule has 1 aromatic rings. The van der Waals surface area contributed by atoms with E-state index in [1.54, 1.807) is 0 Å². The predicted molar refractivity (Wildman–Crippen MR) is 102 cm³/mol. The van der Waals surface area contributed by atoms with Gasteiger partial charge in [-0.05, 0) is 44.1 Å². The van der Waals surface area contributed by atoms with Crippen LogP contribution in [0.25, 0.3) is 0 Å². The summed E-state index contributed by atoms with van der Waals surface area (Å²) in [6, 6.07) is 8.11. The molecule has 0 radical (unpaired) electrons. The molecule has 2 fully saturated rings. The summed E-state index contributed by atoms with van der Waals surface area (Å²) in [6.07, 6.45) is 1.28. The highest BCUT2D eigenvalue weighted by Crippen LogP contribution is 2.21. The number of piperazine rings is 1. The number of hydrogen-bond donors (Lipinski definition) is 1. The second-order valence-corrected chi connectivity index (χ2v) is 7.24. The maximum absolute atomic E-state index is 6.11. The van der Waals surface area contributed by atoms with Gasteiger partial charge in [-0.2, -0.15) is 0 Å². The topological polar surface area (TPSA) is 34.1 Å². The van der Waals surface area contributed by atoms with Crippen LogP contribution in [0.3, 0.4) is 0 Å². The van der Waals surface area contributed by atoms with Gasteiger partial charge in [0.05, 0.1) is 0 Å². The van der Waals surface area contributed by atoms with E-state index in [2.05, 4.69) is 38.1 Å². The van der Waals surface area contributed by atoms with Crippen LogP contribution in [0.4, 0.5) is 5.69 Å². The van der Waals surface area contributed by atoms with E-state index in [1.165, 1.54) is 25.2 Å². The SMILES string of the molecule is CN=C(NCC1CCN(C)C1)N1CCN(c2cccc(Cl)c2)CC1. The first-order chi connectivity index (χ1) is 11.7. The maximum Gasteiger partial charge on any atom is 0.193 e. The van der Waals surface area contributed by atoms with Crippen LogP contribution in [0.5, 0.6) is 0 Å². The number of guanidine groups is 1. The Morgan fingerprint density at radius 1 is 1.25 bits per heavy atom. The van der Waals surface area contributed by atoms with Gasteiger partial charge >= 0.3 is 0 Å². The lowest BCUT2D eigenvalue weighted by Crippen LogP contribution is -2.53. The van der Waals surface area contributed by atoms with Gasteiger partial charge in [0.25, 0.3) is 0 Å². The van der Waals surface area contributed by atoms with Gasteiger partial charge in [0.2, 0.25) is 0 Å². The number of halogens is 1. The highest BCUT2D eigenvalue weighted by Gasteiger charge is 2.23. The average molecular weight is 350 g/mol. The van der Waals surface area contributed by atoms with Crippen molar-refractivity contribution in [2.75, 3.05) is 64.8 Å². The molecule has 1 atom stereocenters. The summed E-state index contributed by atoms with van der Waals surface area (Å²) in [7, 11) is 4.08. The lowest BCUT2D eigenvalue weighted by Gasteiger charge is -2.38. The van der Waals surface area contributed by atoms with Crippen molar-refractivity contribution in [1.82, 2.24) is 15.1 Å². The Labute approximate surface area is 150 Å². The van der Waals surface area contributed by atoms with Crippen LogP contribution in [-0.2, 0) is 0 Å². The minimum absolute atomic E-state index is 0.736. The Balaban J connectivity index is 1.49. The predicted octanol–water partition coefficient (Wildman–Crippen LogP) is 1.99. The van der Waals surface area contributed by atoms with Crippen molar-refractivity contribution in [1.29, 1.82) is 0 Å². The van der Waals surface area contributed by atoms with Crippen LogP contribution in [0.15, 0.2) is 29.3 Å². The minimum Gasteiger partial charge on any atom is -0.368 e. The Hall–Kier alpha value is -1.46. The van der Waals surface area contributed by atoms with E-state index < -0.39 is 0 Å². The Morgan fingerprint density at radius 2 is 2.04 bits per heavy atom. The van der Waals surface area contributed by atoms with Crippen molar-refractivity contribution in [2.45, 2.75) is 6.42 Å². The summed E-state index contributed by atoms with van der Waals surface area (Å²) in [5, 5.41) is 4.37. The molecule has 0 bridgehead atoms. The smallest absolute Gasteiger partial charge is 0.193 e. The van der Waals surface area contributed by atoms with E-state index in [0.29, 0.717) is 0 Å². The normalized spacial score (nSPS) is 23.0. The summed E-state index contributed by atoms with van der Waals surface area (Å²) >= 11 is 6.11. The summed E-state index contributed by atoms with van der Waals surface area (Å²) in [6.45, 7) is 7.37. The molecule has 3 rings (SSSR count). The molecule has 5 nitrogen and oxygen atoms in total. The molecule has 1 aromatic carbocycles. The number of hydrogen-bond acceptors (Lipinski definition) is 3. The highest BCUT2D eigenvalue weighted by atomic mass is 35.5. The van der Waals surface area contributed by atoms with Crippen LogP contribution in [0.2, 0.25) is 5.02 Å². The summed E-state index contributed by atoms with van der Waals surface area (Å²) in [5.41, 5.74) is 1.21. The third-order valence-electron chi connectivity index (χ3n) is 5.00. The van der Waals surface area contributed by atoms with Gasteiger partial charge in [0.1, 0.15) is 0 Å². The molecule has 0 amide bonds. The van der Waals surface area contributed by atoms with Crippen molar-refractivity contribution in [3.05, 3.63) is 29.3 Å². The largest absolute Gasteiger partial charge is 0.368 e. The maximum atomic E-state index is 6.11. The van der Waals surface area contributed by atoms with E-state index >= 15 is 0 Å². The molecule has 0 spiro atoms. The molecule has 24 heavy (non-hydrogen) atoms. The summed E-state index contributed by atoms with van der Waals surface area (Å²) in [4.78, 5) is 11.6. The number of nitrogens with one attached hydrogen (secondary N) is 1. The van der Waals surface area contributed by atoms with Gasteiger partial charge in [0.15, 0.2) is 5.96 Å². The van der Waals surface area contributed by atoms with Crippen LogP contribution in [0, 0.1) is 5.92 Å². The third-order valence-corrected chi connectivity index (χ3v) is 5.24. The van der Waals surface area contributed by atoms with E-state index in [-0.39, 0.29) is 0 Å². The fraction of sp³-hybridized carbons (Fsp3) is 0.611. The molecule has 2 saturated heterocycles. The van der Waals surface area contributed by atoms with E-state index in [4.69, 9.17) is 11.6 Å². The number of anilines is 1. The molecule has 6 heteroatoms. The van der Waals surface area contributed by atoms with Crippen molar-refractivity contribution < 1.29 is 0 Å². The zero-order valence-corrected chi connectivity index (χ0v) is 15.5. The number of benzene rings is 1. The van der Waals surface area contributed by atoms with Crippen molar-refractivity contribution in [3.8, 4) is 0 Å². The fourth-order valence-electron chi connectivity index (χ4n) is 3.61. The van der Waals surface area contributed by atoms with Crippen LogP contribution >= 0.6 is 11.6 Å². The quantitative estimate of drug-likeness (QED) is 0.668. The van der Waals surface area contributed by atoms with Crippen LogP contribution in [0.1, 0.15) is 6.42 Å². The van der Waals surface area contributed by atoms with E-state index in [1.807, 2.05) is 25.2 Å². The average Bonchev–Trinajstić information content (AvgIpc) is 3.01. The lowest BCUT2D eigenvalue weighted by molar-refractivity contribution is 0.363. The molecule has 2 aliphatic heterocycles. The number of aliphatic imine (C=N–C) groups is 1. The molecular weight excluding hydrogens is 322 g/mol. The van der Waals surface area contributed by atoms with Crippen LogP contribution < -0.4 is 10.2 Å². The molecule has 1 unspecified atom stereocenters. The molecule has 132 valence electrons. The van der Waals surface area contributed by atoms with E-state index in [0.717, 1.165) is 49.6 Å². The zero-order valence-electron chi connectivity index (χ0n) is 14.7. The molecule has 2 aliphatic rings. The Kier molecular flexibility index (Phi) is 5.85. The van der Waals surface area contributed by atoms with Crippen LogP contribution in [-0.4, -0.2) is 75.7 Å². The monoisotopic (exact) mass is 349 g/mol. The number of rotatable bonds is 3. The summed E-state index contributed by atoms with van der Waals surface area (Å²) in [5.74, 6) is 1.77. The first-order valence-corrected chi connectivity index (χ1v) is 9.18. The first-order valence-electron chi connectivity index (χ1n) is 8.80. The van der Waals surface area contributed by atoms with Gasteiger partial charge in [-0.25, -0.2) is 0 Å². The van der Waals surface area contributed by atoms with Crippen molar-refractivity contribution in [2.24, 2.45) is 10.9 Å². The standard InChI is InChI=1S/C18H28ClN5/c1-20-18(21-13-15-6-7-22(2)14-15)24-10-8-23(9-11-24)17-5-3-4-16(19)12-17/h3-5,12,15H,6-11,13-14H2,1-2H3,(H,20,21). The number of likely N-dealkylation sites (tertiary alicyclic amines) is 1. The Morgan fingerprint density at radius 3 is 2.67 bits per heavy atom. The second kappa shape index (κ2) is 8.08. The van der Waals surface area contributed by atoms with Crippen molar-refractivity contribution >= 4 is 23.2 Å². The molecule has 0 aromatic heterocycles. The zero-order chi connectivity index (χ0) is 16.9. The van der Waals surface area contributed by atoms with E-state index in [9.17, 15) is 0 Å². The molecular formula is C18H28ClN5. The summed E-state index contributed by atoms with van der Waals surface area (Å²) < 4.78 is 0. The lowest BCUT2D eigenvalue weighted by atomic mass is 10.1. The van der Waals surface area contributed by atoms with Gasteiger partial charge in [-0.3, -0.25) is 4.99 Å². The highest BCUT2D eigenvalue weighted by molar-refractivity contribution is 6.30. The van der Waals surface area contributed by atoms with Gasteiger partial charge in [-0.1, -0.05) is 17.7 Å². The molecule has 1 N–H and O–H groups in total. The minimum atomic E-state index is 0.736.